The number of carbonyl (C=O) groups excluding carboxylic acids is 3. The Morgan fingerprint density at radius 3 is 2.47 bits per heavy atom. The average Bonchev–Trinajstić information content (AvgIpc) is 2.78. The third kappa shape index (κ3) is 7.19. The van der Waals surface area contributed by atoms with E-state index in [1.54, 1.807) is 19.9 Å². The summed E-state index contributed by atoms with van der Waals surface area (Å²) in [5, 5.41) is 3.26. The van der Waals surface area contributed by atoms with Crippen LogP contribution >= 0.6 is 23.2 Å². The van der Waals surface area contributed by atoms with E-state index in [1.807, 2.05) is 0 Å². The number of methoxy groups -OCH3 is 1. The smallest absolute Gasteiger partial charge is 0.328 e. The van der Waals surface area contributed by atoms with E-state index in [2.05, 4.69) is 15.3 Å². The first-order valence-corrected chi connectivity index (χ1v) is 10.9. The van der Waals surface area contributed by atoms with Crippen LogP contribution in [-0.2, 0) is 19.1 Å². The van der Waals surface area contributed by atoms with Crippen LogP contribution in [0.3, 0.4) is 0 Å². The SMILES string of the molecule is COc1ccnc(C(=O)NC(C)C(=O)O[C@@H](C)C(C)c2ncc(Cl)cc2Cl)c1OCOC(C)=O. The van der Waals surface area contributed by atoms with Gasteiger partial charge in [0, 0.05) is 31.3 Å². The minimum atomic E-state index is -1.02. The van der Waals surface area contributed by atoms with Crippen LogP contribution in [-0.4, -0.2) is 53.9 Å². The lowest BCUT2D eigenvalue weighted by atomic mass is 10.0. The molecule has 2 rings (SSSR count). The molecule has 0 aliphatic heterocycles. The number of ether oxygens (including phenoxy) is 4. The molecule has 2 aromatic heterocycles. The average molecular weight is 514 g/mol. The summed E-state index contributed by atoms with van der Waals surface area (Å²) in [6, 6.07) is 2.00. The number of nitrogens with one attached hydrogen (secondary N) is 1. The summed E-state index contributed by atoms with van der Waals surface area (Å²) in [5.74, 6) is -2.15. The second-order valence-corrected chi connectivity index (χ2v) is 8.08. The fourth-order valence-corrected chi connectivity index (χ4v) is 3.31. The van der Waals surface area contributed by atoms with Crippen molar-refractivity contribution in [1.29, 1.82) is 0 Å². The van der Waals surface area contributed by atoms with Crippen LogP contribution < -0.4 is 14.8 Å². The summed E-state index contributed by atoms with van der Waals surface area (Å²) in [7, 11) is 1.38. The number of hydrogen-bond acceptors (Lipinski definition) is 9. The van der Waals surface area contributed by atoms with Crippen LogP contribution in [0, 0.1) is 0 Å². The first-order valence-electron chi connectivity index (χ1n) is 10.2. The minimum absolute atomic E-state index is 0.0465. The maximum Gasteiger partial charge on any atom is 0.328 e. The molecule has 1 N–H and O–H groups in total. The molecular weight excluding hydrogens is 489 g/mol. The molecule has 0 aliphatic rings. The van der Waals surface area contributed by atoms with Crippen molar-refractivity contribution in [2.24, 2.45) is 0 Å². The zero-order valence-electron chi connectivity index (χ0n) is 19.3. The lowest BCUT2D eigenvalue weighted by molar-refractivity contribution is -0.151. The van der Waals surface area contributed by atoms with Gasteiger partial charge in [-0.2, -0.15) is 0 Å². The van der Waals surface area contributed by atoms with Gasteiger partial charge in [-0.3, -0.25) is 14.6 Å². The van der Waals surface area contributed by atoms with Crippen molar-refractivity contribution in [3.8, 4) is 11.5 Å². The van der Waals surface area contributed by atoms with E-state index in [-0.39, 0.29) is 23.1 Å². The highest BCUT2D eigenvalue weighted by atomic mass is 35.5. The molecule has 184 valence electrons. The highest BCUT2D eigenvalue weighted by molar-refractivity contribution is 6.34. The van der Waals surface area contributed by atoms with Crippen LogP contribution in [0.1, 0.15) is 49.8 Å². The van der Waals surface area contributed by atoms with Gasteiger partial charge in [0.15, 0.2) is 17.2 Å². The largest absolute Gasteiger partial charge is 0.493 e. The Morgan fingerprint density at radius 2 is 1.85 bits per heavy atom. The molecule has 0 saturated heterocycles. The Balaban J connectivity index is 2.07. The topological polar surface area (TPSA) is 126 Å². The summed E-state index contributed by atoms with van der Waals surface area (Å²) >= 11 is 12.1. The van der Waals surface area contributed by atoms with Crippen molar-refractivity contribution in [3.05, 3.63) is 46.0 Å². The number of hydrogen-bond donors (Lipinski definition) is 1. The van der Waals surface area contributed by atoms with Gasteiger partial charge in [-0.15, -0.1) is 0 Å². The van der Waals surface area contributed by atoms with E-state index >= 15 is 0 Å². The summed E-state index contributed by atoms with van der Waals surface area (Å²) < 4.78 is 20.8. The van der Waals surface area contributed by atoms with Gasteiger partial charge in [-0.1, -0.05) is 30.1 Å². The molecule has 0 radical (unpaired) electrons. The third-order valence-corrected chi connectivity index (χ3v) is 5.25. The Morgan fingerprint density at radius 1 is 1.15 bits per heavy atom. The monoisotopic (exact) mass is 513 g/mol. The molecule has 10 nitrogen and oxygen atoms in total. The number of nitrogens with zero attached hydrogens (tertiary/aromatic N) is 2. The summed E-state index contributed by atoms with van der Waals surface area (Å²) in [4.78, 5) is 44.6. The Bertz CT molecular complexity index is 1050. The molecule has 34 heavy (non-hydrogen) atoms. The van der Waals surface area contributed by atoms with Crippen molar-refractivity contribution < 1.29 is 33.3 Å². The van der Waals surface area contributed by atoms with Crippen molar-refractivity contribution >= 4 is 41.0 Å². The van der Waals surface area contributed by atoms with Gasteiger partial charge in [-0.25, -0.2) is 9.78 Å². The van der Waals surface area contributed by atoms with Crippen molar-refractivity contribution in [2.75, 3.05) is 13.9 Å². The first-order chi connectivity index (χ1) is 16.0. The highest BCUT2D eigenvalue weighted by Crippen LogP contribution is 2.30. The molecule has 0 aromatic carbocycles. The number of aromatic nitrogens is 2. The number of carbonyl (C=O) groups is 3. The molecule has 0 bridgehead atoms. The van der Waals surface area contributed by atoms with Crippen LogP contribution in [0.25, 0.3) is 0 Å². The molecule has 0 spiro atoms. The van der Waals surface area contributed by atoms with Gasteiger partial charge in [0.2, 0.25) is 6.79 Å². The van der Waals surface area contributed by atoms with Crippen molar-refractivity contribution in [1.82, 2.24) is 15.3 Å². The Labute approximate surface area is 206 Å². The van der Waals surface area contributed by atoms with E-state index in [1.165, 1.54) is 39.4 Å². The number of amides is 1. The van der Waals surface area contributed by atoms with Gasteiger partial charge >= 0.3 is 11.9 Å². The maximum absolute atomic E-state index is 12.8. The standard InChI is InChI=1S/C22H25Cl2N3O7/c1-11(18-16(24)8-15(23)9-26-18)13(3)34-22(30)12(2)27-21(29)19-20(33-10-32-14(4)28)17(31-5)6-7-25-19/h6-9,11-13H,10H2,1-5H3,(H,27,29)/t11?,12?,13-/m0/s1. The Hall–Kier alpha value is -3.11. The molecule has 1 amide bonds. The third-order valence-electron chi connectivity index (χ3n) is 4.74. The summed E-state index contributed by atoms with van der Waals surface area (Å²) in [5.41, 5.74) is 0.364. The minimum Gasteiger partial charge on any atom is -0.493 e. The maximum atomic E-state index is 12.8. The van der Waals surface area contributed by atoms with Gasteiger partial charge in [0.1, 0.15) is 12.1 Å². The van der Waals surface area contributed by atoms with E-state index in [9.17, 15) is 14.4 Å². The van der Waals surface area contributed by atoms with Crippen LogP contribution in [0.4, 0.5) is 0 Å². The zero-order chi connectivity index (χ0) is 25.4. The van der Waals surface area contributed by atoms with Crippen LogP contribution in [0.2, 0.25) is 10.0 Å². The second-order valence-electron chi connectivity index (χ2n) is 7.24. The predicted molar refractivity (Wildman–Crippen MR) is 123 cm³/mol. The molecule has 12 heteroatoms. The number of rotatable bonds is 10. The van der Waals surface area contributed by atoms with Crippen molar-refractivity contribution in [2.45, 2.75) is 45.8 Å². The normalized spacial score (nSPS) is 13.3. The van der Waals surface area contributed by atoms with Crippen LogP contribution in [0.15, 0.2) is 24.5 Å². The van der Waals surface area contributed by atoms with E-state index in [0.29, 0.717) is 15.7 Å². The van der Waals surface area contributed by atoms with Gasteiger partial charge in [-0.05, 0) is 19.9 Å². The second kappa shape index (κ2) is 12.4. The number of pyridine rings is 2. The van der Waals surface area contributed by atoms with Crippen LogP contribution in [0.5, 0.6) is 11.5 Å². The summed E-state index contributed by atoms with van der Waals surface area (Å²) in [6.45, 7) is 5.71. The quantitative estimate of drug-likeness (QED) is 0.374. The van der Waals surface area contributed by atoms with Gasteiger partial charge in [0.05, 0.1) is 22.8 Å². The number of esters is 2. The molecule has 0 aliphatic carbocycles. The van der Waals surface area contributed by atoms with E-state index < -0.39 is 36.8 Å². The molecule has 0 saturated carbocycles. The Kier molecular flexibility index (Phi) is 9.88. The first kappa shape index (κ1) is 27.1. The number of halogens is 2. The molecule has 3 atom stereocenters. The highest BCUT2D eigenvalue weighted by Gasteiger charge is 2.27. The lowest BCUT2D eigenvalue weighted by Gasteiger charge is -2.23. The van der Waals surface area contributed by atoms with Gasteiger partial charge in [0.25, 0.3) is 5.91 Å². The molecular formula is C22H25Cl2N3O7. The van der Waals surface area contributed by atoms with E-state index in [0.717, 1.165) is 0 Å². The predicted octanol–water partition coefficient (Wildman–Crippen LogP) is 3.55. The summed E-state index contributed by atoms with van der Waals surface area (Å²) in [6.07, 6.45) is 2.19. The zero-order valence-corrected chi connectivity index (χ0v) is 20.8. The van der Waals surface area contributed by atoms with Gasteiger partial charge < -0.3 is 24.3 Å². The fraction of sp³-hybridized carbons (Fsp3) is 0.409. The molecule has 2 unspecified atom stereocenters. The van der Waals surface area contributed by atoms with Crippen molar-refractivity contribution in [3.63, 3.8) is 0 Å². The molecule has 0 fully saturated rings. The molecule has 2 aromatic rings. The lowest BCUT2D eigenvalue weighted by Crippen LogP contribution is -2.41. The fourth-order valence-electron chi connectivity index (χ4n) is 2.76. The molecule has 2 heterocycles. The van der Waals surface area contributed by atoms with E-state index in [4.69, 9.17) is 42.1 Å².